The second-order valence-electron chi connectivity index (χ2n) is 8.49. The number of nitrogens with one attached hydrogen (secondary N) is 1. The third kappa shape index (κ3) is 4.18. The zero-order valence-electron chi connectivity index (χ0n) is 18.2. The molecule has 3 heterocycles. The molecule has 33 heavy (non-hydrogen) atoms. The number of nitrogens with zero attached hydrogens (tertiary/aromatic N) is 4. The molecule has 1 N–H and O–H groups in total. The molecule has 1 aromatic heterocycles. The van der Waals surface area contributed by atoms with Crippen LogP contribution in [0.4, 0.5) is 17.1 Å². The Labute approximate surface area is 196 Å². The zero-order chi connectivity index (χ0) is 22.9. The number of carbonyl (C=O) groups excluding carboxylic acids is 1. The lowest BCUT2D eigenvalue weighted by molar-refractivity contribution is -0.384. The highest BCUT2D eigenvalue weighted by atomic mass is 35.5. The Kier molecular flexibility index (Phi) is 5.76. The monoisotopic (exact) mass is 466 g/mol. The van der Waals surface area contributed by atoms with Crippen LogP contribution in [0, 0.1) is 10.1 Å². The van der Waals surface area contributed by atoms with Crippen LogP contribution in [-0.4, -0.2) is 55.0 Å². The molecule has 0 bridgehead atoms. The van der Waals surface area contributed by atoms with E-state index >= 15 is 0 Å². The summed E-state index contributed by atoms with van der Waals surface area (Å²) in [6.07, 6.45) is 3.96. The number of aromatic nitrogens is 1. The number of benzene rings is 2. The summed E-state index contributed by atoms with van der Waals surface area (Å²) in [5.74, 6) is -0.163. The summed E-state index contributed by atoms with van der Waals surface area (Å²) < 4.78 is 0. The van der Waals surface area contributed by atoms with Crippen molar-refractivity contribution in [1.29, 1.82) is 0 Å². The van der Waals surface area contributed by atoms with E-state index in [-0.39, 0.29) is 16.5 Å². The number of aromatic amines is 1. The number of piperazine rings is 1. The predicted molar refractivity (Wildman–Crippen MR) is 128 cm³/mol. The van der Waals surface area contributed by atoms with Crippen LogP contribution in [0.2, 0.25) is 5.02 Å². The Bertz CT molecular complexity index is 1220. The fraction of sp³-hybridized carbons (Fsp3) is 0.333. The first-order valence-electron chi connectivity index (χ1n) is 11.2. The number of hydrogen-bond acceptors (Lipinski definition) is 5. The number of rotatable bonds is 4. The first kappa shape index (κ1) is 21.5. The standard InChI is InChI=1S/C24H24ClN5O3/c25-18-4-5-19-20(16-18)26-8-7-21(19)28-11-13-29(14-12-28)24(31)17-3-6-22(23(15-17)30(32)33)27-9-1-2-10-27/h3-8,15-16H,1-2,9-14H2/p+1. The summed E-state index contributed by atoms with van der Waals surface area (Å²) in [6.45, 7) is 4.09. The predicted octanol–water partition coefficient (Wildman–Crippen LogP) is 3.78. The number of amides is 1. The Morgan fingerprint density at radius 3 is 2.36 bits per heavy atom. The molecule has 2 saturated heterocycles. The van der Waals surface area contributed by atoms with Gasteiger partial charge in [0.25, 0.3) is 11.6 Å². The van der Waals surface area contributed by atoms with Crippen molar-refractivity contribution in [1.82, 2.24) is 4.90 Å². The molecule has 0 aliphatic carbocycles. The highest BCUT2D eigenvalue weighted by molar-refractivity contribution is 6.31. The van der Waals surface area contributed by atoms with Crippen LogP contribution in [-0.2, 0) is 0 Å². The fourth-order valence-corrected chi connectivity index (χ4v) is 4.97. The van der Waals surface area contributed by atoms with Crippen LogP contribution in [0.3, 0.4) is 0 Å². The van der Waals surface area contributed by atoms with Crippen molar-refractivity contribution in [3.05, 3.63) is 69.4 Å². The molecule has 2 aliphatic rings. The lowest BCUT2D eigenvalue weighted by Gasteiger charge is -2.36. The Balaban J connectivity index is 1.32. The van der Waals surface area contributed by atoms with Gasteiger partial charge in [-0.15, -0.1) is 0 Å². The van der Waals surface area contributed by atoms with Gasteiger partial charge in [0.2, 0.25) is 5.52 Å². The van der Waals surface area contributed by atoms with Crippen LogP contribution in [0.25, 0.3) is 10.9 Å². The topological polar surface area (TPSA) is 84.1 Å². The van der Waals surface area contributed by atoms with E-state index in [9.17, 15) is 14.9 Å². The first-order valence-corrected chi connectivity index (χ1v) is 11.6. The van der Waals surface area contributed by atoms with E-state index in [2.05, 4.69) is 9.88 Å². The number of H-pyrrole nitrogens is 1. The van der Waals surface area contributed by atoms with Gasteiger partial charge in [-0.25, -0.2) is 4.98 Å². The smallest absolute Gasteiger partial charge is 0.293 e. The summed E-state index contributed by atoms with van der Waals surface area (Å²) in [7, 11) is 0. The second kappa shape index (κ2) is 8.86. The highest BCUT2D eigenvalue weighted by Crippen LogP contribution is 2.32. The van der Waals surface area contributed by atoms with Crippen molar-refractivity contribution < 1.29 is 14.7 Å². The fourth-order valence-electron chi connectivity index (χ4n) is 4.80. The molecule has 0 saturated carbocycles. The third-order valence-corrected chi connectivity index (χ3v) is 6.75. The maximum atomic E-state index is 13.2. The summed E-state index contributed by atoms with van der Waals surface area (Å²) in [5, 5.41) is 13.4. The van der Waals surface area contributed by atoms with Gasteiger partial charge in [0.05, 0.1) is 16.0 Å². The molecule has 170 valence electrons. The van der Waals surface area contributed by atoms with E-state index in [1.54, 1.807) is 17.0 Å². The van der Waals surface area contributed by atoms with Crippen molar-refractivity contribution in [2.24, 2.45) is 0 Å². The van der Waals surface area contributed by atoms with Gasteiger partial charge < -0.3 is 14.7 Å². The Morgan fingerprint density at radius 2 is 1.64 bits per heavy atom. The Morgan fingerprint density at radius 1 is 0.909 bits per heavy atom. The number of pyridine rings is 1. The lowest BCUT2D eigenvalue weighted by atomic mass is 10.1. The quantitative estimate of drug-likeness (QED) is 0.431. The average Bonchev–Trinajstić information content (AvgIpc) is 3.37. The minimum absolute atomic E-state index is 0.00653. The van der Waals surface area contributed by atoms with Crippen LogP contribution >= 0.6 is 11.6 Å². The van der Waals surface area contributed by atoms with E-state index in [0.717, 1.165) is 42.5 Å². The number of hydrogen-bond donors (Lipinski definition) is 0. The van der Waals surface area contributed by atoms with E-state index in [4.69, 9.17) is 11.6 Å². The van der Waals surface area contributed by atoms with Crippen LogP contribution < -0.4 is 14.8 Å². The molecule has 2 aliphatic heterocycles. The van der Waals surface area contributed by atoms with Gasteiger partial charge in [-0.2, -0.15) is 0 Å². The first-order chi connectivity index (χ1) is 16.0. The summed E-state index contributed by atoms with van der Waals surface area (Å²) in [5.41, 5.74) is 3.04. The molecule has 2 aromatic carbocycles. The van der Waals surface area contributed by atoms with Crippen LogP contribution in [0.15, 0.2) is 48.7 Å². The largest absolute Gasteiger partial charge is 0.367 e. The van der Waals surface area contributed by atoms with Crippen molar-refractivity contribution in [2.45, 2.75) is 12.8 Å². The SMILES string of the molecule is O=C(c1ccc(N2CCCC2)c([N+](=O)[O-])c1)N1CCN(c2cc[nH+]c3cc(Cl)ccc23)CC1. The maximum absolute atomic E-state index is 13.2. The normalized spacial score (nSPS) is 16.5. The third-order valence-electron chi connectivity index (χ3n) is 6.51. The number of nitro benzene ring substituents is 1. The minimum atomic E-state index is -0.383. The number of nitro groups is 1. The average molecular weight is 467 g/mol. The number of anilines is 2. The van der Waals surface area contributed by atoms with Gasteiger partial charge in [0.15, 0.2) is 6.20 Å². The van der Waals surface area contributed by atoms with E-state index in [1.807, 2.05) is 35.4 Å². The molecule has 2 fully saturated rings. The second-order valence-corrected chi connectivity index (χ2v) is 8.92. The number of fused-ring (bicyclic) bond motifs is 1. The highest BCUT2D eigenvalue weighted by Gasteiger charge is 2.28. The molecule has 0 unspecified atom stereocenters. The maximum Gasteiger partial charge on any atom is 0.293 e. The van der Waals surface area contributed by atoms with Crippen LogP contribution in [0.5, 0.6) is 0 Å². The Hall–Kier alpha value is -3.39. The van der Waals surface area contributed by atoms with Gasteiger partial charge in [0, 0.05) is 68.1 Å². The zero-order valence-corrected chi connectivity index (χ0v) is 18.9. The van der Waals surface area contributed by atoms with Gasteiger partial charge in [-0.3, -0.25) is 14.9 Å². The number of halogens is 1. The molecule has 1 amide bonds. The molecule has 0 spiro atoms. The molecule has 3 aromatic rings. The van der Waals surface area contributed by atoms with E-state index < -0.39 is 0 Å². The molecule has 0 atom stereocenters. The van der Waals surface area contributed by atoms with Gasteiger partial charge in [-0.05, 0) is 37.1 Å². The summed E-state index contributed by atoms with van der Waals surface area (Å²) in [6, 6.07) is 12.7. The molecule has 5 rings (SSSR count). The van der Waals surface area contributed by atoms with Gasteiger partial charge in [0.1, 0.15) is 5.69 Å². The van der Waals surface area contributed by atoms with E-state index in [1.165, 1.54) is 6.07 Å². The molecule has 0 radical (unpaired) electrons. The van der Waals surface area contributed by atoms with Crippen LogP contribution in [0.1, 0.15) is 23.2 Å². The summed E-state index contributed by atoms with van der Waals surface area (Å²) in [4.78, 5) is 33.7. The molecule has 8 nitrogen and oxygen atoms in total. The van der Waals surface area contributed by atoms with Crippen molar-refractivity contribution in [2.75, 3.05) is 49.1 Å². The van der Waals surface area contributed by atoms with Gasteiger partial charge in [-0.1, -0.05) is 11.6 Å². The van der Waals surface area contributed by atoms with E-state index in [0.29, 0.717) is 42.5 Å². The molecule has 9 heteroatoms. The number of carbonyl (C=O) groups is 1. The van der Waals surface area contributed by atoms with Crippen molar-refractivity contribution in [3.8, 4) is 0 Å². The van der Waals surface area contributed by atoms with Gasteiger partial charge >= 0.3 is 0 Å². The summed E-state index contributed by atoms with van der Waals surface area (Å²) >= 11 is 6.12. The minimum Gasteiger partial charge on any atom is -0.367 e. The van der Waals surface area contributed by atoms with Crippen molar-refractivity contribution >= 4 is 45.5 Å². The lowest BCUT2D eigenvalue weighted by Crippen LogP contribution is -2.49. The van der Waals surface area contributed by atoms with Crippen molar-refractivity contribution in [3.63, 3.8) is 0 Å². The molecular weight excluding hydrogens is 442 g/mol. The molecular formula is C24H25ClN5O3+.